The van der Waals surface area contributed by atoms with Crippen molar-refractivity contribution in [2.45, 2.75) is 19.4 Å². The first-order chi connectivity index (χ1) is 7.72. The van der Waals surface area contributed by atoms with Gasteiger partial charge in [-0.2, -0.15) is 0 Å². The maximum Gasteiger partial charge on any atom is 0.139 e. The molecular weight excluding hydrogens is 228 g/mol. The molecular formula is C11H15ClN2O2. The van der Waals surface area contributed by atoms with E-state index in [0.717, 1.165) is 17.0 Å². The van der Waals surface area contributed by atoms with Crippen molar-refractivity contribution < 1.29 is 9.94 Å². The lowest BCUT2D eigenvalue weighted by Gasteiger charge is -2.04. The van der Waals surface area contributed by atoms with Crippen LogP contribution in [0.1, 0.15) is 18.4 Å². The highest BCUT2D eigenvalue weighted by molar-refractivity contribution is 6.30. The Bertz CT molecular complexity index is 338. The van der Waals surface area contributed by atoms with Gasteiger partial charge in [0, 0.05) is 18.1 Å². The smallest absolute Gasteiger partial charge is 0.139 e. The van der Waals surface area contributed by atoms with Crippen LogP contribution in [0.2, 0.25) is 5.02 Å². The van der Waals surface area contributed by atoms with Gasteiger partial charge in [0.25, 0.3) is 0 Å². The van der Waals surface area contributed by atoms with Crippen LogP contribution in [0.15, 0.2) is 29.4 Å². The summed E-state index contributed by atoms with van der Waals surface area (Å²) in [6.45, 7) is 1.13. The molecule has 0 aliphatic heterocycles. The number of rotatable bonds is 6. The second-order valence-electron chi connectivity index (χ2n) is 3.37. The van der Waals surface area contributed by atoms with Crippen molar-refractivity contribution in [3.05, 3.63) is 34.9 Å². The second kappa shape index (κ2) is 7.09. The lowest BCUT2D eigenvalue weighted by atomic mass is 10.2. The minimum atomic E-state index is 0.232. The third-order valence-corrected chi connectivity index (χ3v) is 2.28. The molecule has 0 unspecified atom stereocenters. The first-order valence-corrected chi connectivity index (χ1v) is 5.39. The minimum Gasteiger partial charge on any atom is -0.409 e. The van der Waals surface area contributed by atoms with Gasteiger partial charge in [-0.3, -0.25) is 0 Å². The average molecular weight is 243 g/mol. The highest BCUT2D eigenvalue weighted by Gasteiger charge is 1.96. The molecule has 1 rings (SSSR count). The lowest BCUT2D eigenvalue weighted by Crippen LogP contribution is -2.12. The van der Waals surface area contributed by atoms with Crippen LogP contribution in [0.25, 0.3) is 0 Å². The Morgan fingerprint density at radius 3 is 2.69 bits per heavy atom. The zero-order valence-corrected chi connectivity index (χ0v) is 9.65. The molecule has 0 aliphatic rings. The van der Waals surface area contributed by atoms with Gasteiger partial charge in [0.2, 0.25) is 0 Å². The third kappa shape index (κ3) is 5.00. The first kappa shape index (κ1) is 12.8. The minimum absolute atomic E-state index is 0.232. The molecule has 0 atom stereocenters. The quantitative estimate of drug-likeness (QED) is 0.265. The molecule has 0 aliphatic carbocycles. The Kier molecular flexibility index (Phi) is 5.67. The fourth-order valence-electron chi connectivity index (χ4n) is 1.18. The molecule has 5 heteroatoms. The second-order valence-corrected chi connectivity index (χ2v) is 3.81. The predicted molar refractivity (Wildman–Crippen MR) is 63.8 cm³/mol. The average Bonchev–Trinajstić information content (AvgIpc) is 2.31. The number of hydrogen-bond donors (Lipinski definition) is 2. The van der Waals surface area contributed by atoms with E-state index in [2.05, 4.69) is 5.16 Å². The van der Waals surface area contributed by atoms with Crippen molar-refractivity contribution in [3.8, 4) is 0 Å². The Morgan fingerprint density at radius 1 is 1.38 bits per heavy atom. The van der Waals surface area contributed by atoms with Crippen molar-refractivity contribution >= 4 is 17.4 Å². The normalized spacial score (nSPS) is 11.7. The molecule has 1 aromatic rings. The molecule has 88 valence electrons. The standard InChI is InChI=1S/C11H15ClN2O2/c12-10-5-3-9(4-6-10)8-16-7-1-2-11(13)14-15/h3-6,15H,1-2,7-8H2,(H2,13,14). The third-order valence-electron chi connectivity index (χ3n) is 2.03. The fraction of sp³-hybridized carbons (Fsp3) is 0.364. The Morgan fingerprint density at radius 2 is 2.06 bits per heavy atom. The van der Waals surface area contributed by atoms with E-state index in [-0.39, 0.29) is 5.84 Å². The number of hydrogen-bond acceptors (Lipinski definition) is 3. The number of nitrogens with two attached hydrogens (primary N) is 1. The number of ether oxygens (including phenoxy) is 1. The van der Waals surface area contributed by atoms with Crippen LogP contribution in [0.4, 0.5) is 0 Å². The van der Waals surface area contributed by atoms with Gasteiger partial charge in [-0.1, -0.05) is 28.9 Å². The summed E-state index contributed by atoms with van der Waals surface area (Å²) in [4.78, 5) is 0. The van der Waals surface area contributed by atoms with Crippen LogP contribution in [0.3, 0.4) is 0 Å². The number of halogens is 1. The molecule has 0 saturated heterocycles. The van der Waals surface area contributed by atoms with Crippen LogP contribution in [-0.4, -0.2) is 17.6 Å². The van der Waals surface area contributed by atoms with E-state index >= 15 is 0 Å². The molecule has 0 saturated carbocycles. The van der Waals surface area contributed by atoms with Crippen LogP contribution in [0.5, 0.6) is 0 Å². The van der Waals surface area contributed by atoms with Gasteiger partial charge >= 0.3 is 0 Å². The zero-order valence-electron chi connectivity index (χ0n) is 8.90. The van der Waals surface area contributed by atoms with E-state index in [4.69, 9.17) is 27.3 Å². The monoisotopic (exact) mass is 242 g/mol. The van der Waals surface area contributed by atoms with Gasteiger partial charge in [-0.05, 0) is 24.1 Å². The molecule has 4 nitrogen and oxygen atoms in total. The molecule has 3 N–H and O–H groups in total. The largest absolute Gasteiger partial charge is 0.409 e. The maximum absolute atomic E-state index is 8.30. The molecule has 0 fully saturated rings. The SMILES string of the molecule is NC(CCCOCc1ccc(Cl)cc1)=NO. The summed E-state index contributed by atoms with van der Waals surface area (Å²) in [7, 11) is 0. The van der Waals surface area contributed by atoms with E-state index in [1.54, 1.807) is 0 Å². The summed E-state index contributed by atoms with van der Waals surface area (Å²) in [6.07, 6.45) is 1.28. The van der Waals surface area contributed by atoms with Gasteiger partial charge in [0.1, 0.15) is 5.84 Å². The molecule has 1 aromatic carbocycles. The zero-order chi connectivity index (χ0) is 11.8. The molecule has 0 spiro atoms. The van der Waals surface area contributed by atoms with Gasteiger partial charge < -0.3 is 15.7 Å². The molecule has 0 radical (unpaired) electrons. The predicted octanol–water partition coefficient (Wildman–Crippen LogP) is 2.38. The van der Waals surface area contributed by atoms with Gasteiger partial charge in [0.15, 0.2) is 0 Å². The molecule has 0 heterocycles. The molecule has 16 heavy (non-hydrogen) atoms. The number of nitrogens with zero attached hydrogens (tertiary/aromatic N) is 1. The lowest BCUT2D eigenvalue weighted by molar-refractivity contribution is 0.119. The van der Waals surface area contributed by atoms with Crippen LogP contribution in [-0.2, 0) is 11.3 Å². The maximum atomic E-state index is 8.30. The number of oxime groups is 1. The highest BCUT2D eigenvalue weighted by atomic mass is 35.5. The van der Waals surface area contributed by atoms with Gasteiger partial charge in [-0.25, -0.2) is 0 Å². The summed E-state index contributed by atoms with van der Waals surface area (Å²) in [6, 6.07) is 7.51. The first-order valence-electron chi connectivity index (χ1n) is 5.01. The number of benzene rings is 1. The van der Waals surface area contributed by atoms with Crippen LogP contribution < -0.4 is 5.73 Å². The van der Waals surface area contributed by atoms with Crippen molar-refractivity contribution in [2.24, 2.45) is 10.9 Å². The van der Waals surface area contributed by atoms with Crippen molar-refractivity contribution in [3.63, 3.8) is 0 Å². The Balaban J connectivity index is 2.14. The molecule has 0 bridgehead atoms. The van der Waals surface area contributed by atoms with Crippen molar-refractivity contribution in [1.82, 2.24) is 0 Å². The van der Waals surface area contributed by atoms with Gasteiger partial charge in [0.05, 0.1) is 6.61 Å². The van der Waals surface area contributed by atoms with Crippen molar-refractivity contribution in [2.75, 3.05) is 6.61 Å². The molecule has 0 amide bonds. The Hall–Kier alpha value is -1.26. The summed E-state index contributed by atoms with van der Waals surface area (Å²) < 4.78 is 5.42. The van der Waals surface area contributed by atoms with E-state index in [1.165, 1.54) is 0 Å². The number of amidine groups is 1. The highest BCUT2D eigenvalue weighted by Crippen LogP contribution is 2.10. The van der Waals surface area contributed by atoms with E-state index < -0.39 is 0 Å². The van der Waals surface area contributed by atoms with E-state index in [1.807, 2.05) is 24.3 Å². The summed E-state index contributed by atoms with van der Waals surface area (Å²) in [5.41, 5.74) is 6.39. The van der Waals surface area contributed by atoms with Crippen molar-refractivity contribution in [1.29, 1.82) is 0 Å². The summed E-state index contributed by atoms with van der Waals surface area (Å²) in [5, 5.41) is 11.9. The summed E-state index contributed by atoms with van der Waals surface area (Å²) >= 11 is 5.75. The van der Waals surface area contributed by atoms with Crippen LogP contribution >= 0.6 is 11.6 Å². The summed E-state index contributed by atoms with van der Waals surface area (Å²) in [5.74, 6) is 0.232. The molecule has 0 aromatic heterocycles. The topological polar surface area (TPSA) is 67.8 Å². The van der Waals surface area contributed by atoms with Gasteiger partial charge in [-0.15, -0.1) is 0 Å². The fourth-order valence-corrected chi connectivity index (χ4v) is 1.30. The van der Waals surface area contributed by atoms with E-state index in [0.29, 0.717) is 19.6 Å². The van der Waals surface area contributed by atoms with Crippen LogP contribution in [0, 0.1) is 0 Å². The van der Waals surface area contributed by atoms with E-state index in [9.17, 15) is 0 Å². The Labute approximate surface area is 99.7 Å².